The predicted octanol–water partition coefficient (Wildman–Crippen LogP) is -0.219. The molecule has 1 amide bonds. The molecule has 0 aromatic carbocycles. The van der Waals surface area contributed by atoms with Crippen LogP contribution in [0.15, 0.2) is 5.38 Å². The number of hydrogen-bond donors (Lipinski definition) is 3. The summed E-state index contributed by atoms with van der Waals surface area (Å²) < 4.78 is 4.95. The number of aliphatic hydroxyl groups excluding tert-OH is 1. The van der Waals surface area contributed by atoms with Crippen LogP contribution in [0.3, 0.4) is 0 Å². The molecular formula is C10H17N3O3S. The second-order valence-corrected chi connectivity index (χ2v) is 4.48. The third-order valence-corrected chi connectivity index (χ3v) is 2.84. The molecule has 17 heavy (non-hydrogen) atoms. The number of methoxy groups -OCH3 is 1. The average Bonchev–Trinajstić information content (AvgIpc) is 2.64. The lowest BCUT2D eigenvalue weighted by Gasteiger charge is -2.16. The summed E-state index contributed by atoms with van der Waals surface area (Å²) in [5, 5.41) is 13.8. The zero-order chi connectivity index (χ0) is 12.7. The fraction of sp³-hybridized carbons (Fsp3) is 0.600. The number of nitrogens with zero attached hydrogens (tertiary/aromatic N) is 1. The second-order valence-electron chi connectivity index (χ2n) is 3.59. The number of carbonyl (C=O) groups is 1. The highest BCUT2D eigenvalue weighted by Crippen LogP contribution is 2.11. The Morgan fingerprint density at radius 2 is 2.53 bits per heavy atom. The molecule has 0 aliphatic carbocycles. The normalized spacial score (nSPS) is 12.4. The molecule has 4 N–H and O–H groups in total. The first-order valence-electron chi connectivity index (χ1n) is 5.24. The van der Waals surface area contributed by atoms with Gasteiger partial charge >= 0.3 is 0 Å². The Hall–Kier alpha value is -1.18. The summed E-state index contributed by atoms with van der Waals surface area (Å²) in [6, 6.07) is -0.173. The molecule has 0 saturated heterocycles. The van der Waals surface area contributed by atoms with Crippen molar-refractivity contribution in [3.63, 3.8) is 0 Å². The summed E-state index contributed by atoms with van der Waals surface area (Å²) in [5.74, 6) is -0.147. The van der Waals surface area contributed by atoms with Crippen LogP contribution in [0.25, 0.3) is 0 Å². The summed E-state index contributed by atoms with van der Waals surface area (Å²) >= 11 is 1.31. The lowest BCUT2D eigenvalue weighted by molar-refractivity contribution is -0.121. The van der Waals surface area contributed by atoms with Gasteiger partial charge in [0.1, 0.15) is 0 Å². The highest BCUT2D eigenvalue weighted by Gasteiger charge is 2.13. The van der Waals surface area contributed by atoms with Crippen LogP contribution in [0.1, 0.15) is 12.1 Å². The SMILES string of the molecule is COCC(CCO)NC(=O)Cc1csc(N)n1. The van der Waals surface area contributed by atoms with Crippen molar-refractivity contribution in [1.82, 2.24) is 10.3 Å². The Labute approximate surface area is 104 Å². The molecule has 6 nitrogen and oxygen atoms in total. The van der Waals surface area contributed by atoms with Gasteiger partial charge in [-0.25, -0.2) is 4.98 Å². The van der Waals surface area contributed by atoms with Crippen LogP contribution >= 0.6 is 11.3 Å². The van der Waals surface area contributed by atoms with Gasteiger partial charge in [-0.3, -0.25) is 4.79 Å². The first-order chi connectivity index (χ1) is 8.15. The second kappa shape index (κ2) is 7.21. The maximum absolute atomic E-state index is 11.7. The number of ether oxygens (including phenoxy) is 1. The van der Waals surface area contributed by atoms with Crippen LogP contribution in [0.4, 0.5) is 5.13 Å². The van der Waals surface area contributed by atoms with Gasteiger partial charge < -0.3 is 20.9 Å². The van der Waals surface area contributed by atoms with Gasteiger partial charge in [0.25, 0.3) is 0 Å². The summed E-state index contributed by atoms with van der Waals surface area (Å²) in [5.41, 5.74) is 6.13. The van der Waals surface area contributed by atoms with Gasteiger partial charge in [-0.05, 0) is 6.42 Å². The number of rotatable bonds is 7. The molecule has 7 heteroatoms. The summed E-state index contributed by atoms with van der Waals surface area (Å²) in [6.45, 7) is 0.392. The third-order valence-electron chi connectivity index (χ3n) is 2.12. The number of nitrogen functional groups attached to an aromatic ring is 1. The van der Waals surface area contributed by atoms with Crippen LogP contribution in [0.2, 0.25) is 0 Å². The van der Waals surface area contributed by atoms with E-state index in [4.69, 9.17) is 15.6 Å². The molecule has 96 valence electrons. The lowest BCUT2D eigenvalue weighted by Crippen LogP contribution is -2.39. The van der Waals surface area contributed by atoms with E-state index in [9.17, 15) is 4.79 Å². The molecule has 0 saturated carbocycles. The Morgan fingerprint density at radius 3 is 3.06 bits per heavy atom. The first-order valence-corrected chi connectivity index (χ1v) is 6.12. The average molecular weight is 259 g/mol. The molecular weight excluding hydrogens is 242 g/mol. The standard InChI is InChI=1S/C10H17N3O3S/c1-16-5-7(2-3-14)12-9(15)4-8-6-17-10(11)13-8/h6-7,14H,2-5H2,1H3,(H2,11,13)(H,12,15). The van der Waals surface area contributed by atoms with Crippen molar-refractivity contribution < 1.29 is 14.6 Å². The number of nitrogens with two attached hydrogens (primary N) is 1. The minimum absolute atomic E-state index is 0.0119. The van der Waals surface area contributed by atoms with Crippen molar-refractivity contribution in [2.45, 2.75) is 18.9 Å². The Morgan fingerprint density at radius 1 is 1.76 bits per heavy atom. The minimum Gasteiger partial charge on any atom is -0.396 e. The first kappa shape index (κ1) is 13.9. The molecule has 0 fully saturated rings. The van der Waals surface area contributed by atoms with Gasteiger partial charge in [0.2, 0.25) is 5.91 Å². The number of anilines is 1. The van der Waals surface area contributed by atoms with Crippen molar-refractivity contribution in [2.75, 3.05) is 26.1 Å². The van der Waals surface area contributed by atoms with Gasteiger partial charge in [0, 0.05) is 19.1 Å². The van der Waals surface area contributed by atoms with Crippen LogP contribution < -0.4 is 11.1 Å². The molecule has 1 heterocycles. The van der Waals surface area contributed by atoms with Crippen LogP contribution in [-0.2, 0) is 16.0 Å². The van der Waals surface area contributed by atoms with Crippen molar-refractivity contribution in [3.05, 3.63) is 11.1 Å². The van der Waals surface area contributed by atoms with E-state index in [2.05, 4.69) is 10.3 Å². The number of hydrogen-bond acceptors (Lipinski definition) is 6. The van der Waals surface area contributed by atoms with E-state index < -0.39 is 0 Å². The van der Waals surface area contributed by atoms with Gasteiger partial charge in [-0.15, -0.1) is 11.3 Å². The number of aromatic nitrogens is 1. The topological polar surface area (TPSA) is 97.5 Å². The Kier molecular flexibility index (Phi) is 5.88. The van der Waals surface area contributed by atoms with Gasteiger partial charge in [0.05, 0.1) is 24.8 Å². The molecule has 0 aliphatic heterocycles. The maximum Gasteiger partial charge on any atom is 0.226 e. The van der Waals surface area contributed by atoms with Crippen molar-refractivity contribution in [2.24, 2.45) is 0 Å². The van der Waals surface area contributed by atoms with Gasteiger partial charge in [-0.2, -0.15) is 0 Å². The fourth-order valence-electron chi connectivity index (χ4n) is 1.40. The minimum atomic E-state index is -0.173. The predicted molar refractivity (Wildman–Crippen MR) is 65.7 cm³/mol. The van der Waals surface area contributed by atoms with E-state index in [0.717, 1.165) is 0 Å². The van der Waals surface area contributed by atoms with Gasteiger partial charge in [0.15, 0.2) is 5.13 Å². The molecule has 0 radical (unpaired) electrons. The molecule has 1 rings (SSSR count). The quantitative estimate of drug-likeness (QED) is 0.629. The number of amides is 1. The van der Waals surface area contributed by atoms with E-state index in [1.807, 2.05) is 0 Å². The molecule has 0 spiro atoms. The van der Waals surface area contributed by atoms with Crippen molar-refractivity contribution >= 4 is 22.4 Å². The number of thiazole rings is 1. The molecule has 1 aromatic rings. The Bertz CT molecular complexity index is 350. The van der Waals surface area contributed by atoms with E-state index in [1.165, 1.54) is 11.3 Å². The van der Waals surface area contributed by atoms with Crippen LogP contribution in [-0.4, -0.2) is 42.4 Å². The maximum atomic E-state index is 11.7. The molecule has 1 unspecified atom stereocenters. The molecule has 1 atom stereocenters. The summed E-state index contributed by atoms with van der Waals surface area (Å²) in [4.78, 5) is 15.7. The highest BCUT2D eigenvalue weighted by atomic mass is 32.1. The largest absolute Gasteiger partial charge is 0.396 e. The van der Waals surface area contributed by atoms with Crippen LogP contribution in [0, 0.1) is 0 Å². The van der Waals surface area contributed by atoms with E-state index >= 15 is 0 Å². The van der Waals surface area contributed by atoms with E-state index in [0.29, 0.717) is 23.9 Å². The number of aliphatic hydroxyl groups is 1. The Balaban J connectivity index is 2.41. The highest BCUT2D eigenvalue weighted by molar-refractivity contribution is 7.13. The monoisotopic (exact) mass is 259 g/mol. The van der Waals surface area contributed by atoms with E-state index in [1.54, 1.807) is 12.5 Å². The zero-order valence-electron chi connectivity index (χ0n) is 9.68. The van der Waals surface area contributed by atoms with Crippen molar-refractivity contribution in [3.8, 4) is 0 Å². The molecule has 0 aliphatic rings. The third kappa shape index (κ3) is 5.12. The van der Waals surface area contributed by atoms with Gasteiger partial charge in [-0.1, -0.05) is 0 Å². The number of carbonyl (C=O) groups excluding carboxylic acids is 1. The summed E-state index contributed by atoms with van der Waals surface area (Å²) in [6.07, 6.45) is 0.665. The van der Waals surface area contributed by atoms with E-state index in [-0.39, 0.29) is 25.0 Å². The fourth-order valence-corrected chi connectivity index (χ4v) is 1.96. The van der Waals surface area contributed by atoms with Crippen LogP contribution in [0.5, 0.6) is 0 Å². The summed E-state index contributed by atoms with van der Waals surface area (Å²) in [7, 11) is 1.55. The lowest BCUT2D eigenvalue weighted by atomic mass is 10.2. The number of nitrogens with one attached hydrogen (secondary N) is 1. The zero-order valence-corrected chi connectivity index (χ0v) is 10.5. The molecule has 0 bridgehead atoms. The van der Waals surface area contributed by atoms with Crippen molar-refractivity contribution in [1.29, 1.82) is 0 Å². The smallest absolute Gasteiger partial charge is 0.226 e. The molecule has 1 aromatic heterocycles.